The highest BCUT2D eigenvalue weighted by Gasteiger charge is 2.09. The van der Waals surface area contributed by atoms with Gasteiger partial charge < -0.3 is 4.74 Å². The predicted octanol–water partition coefficient (Wildman–Crippen LogP) is 4.03. The molecule has 15 heavy (non-hydrogen) atoms. The van der Waals surface area contributed by atoms with Crippen LogP contribution in [0.2, 0.25) is 0 Å². The molecule has 0 heterocycles. The van der Waals surface area contributed by atoms with E-state index in [0.717, 1.165) is 19.4 Å². The van der Waals surface area contributed by atoms with E-state index < -0.39 is 0 Å². The second kappa shape index (κ2) is 6.86. The molecule has 84 valence electrons. The monoisotopic (exact) mass is 226 g/mol. The molecule has 0 saturated carbocycles. The number of rotatable bonds is 6. The molecule has 0 aliphatic heterocycles. The zero-order valence-corrected chi connectivity index (χ0v) is 10.2. The lowest BCUT2D eigenvalue weighted by Gasteiger charge is -2.13. The van der Waals surface area contributed by atoms with Gasteiger partial charge >= 0.3 is 0 Å². The van der Waals surface area contributed by atoms with Crippen LogP contribution in [0.15, 0.2) is 30.3 Å². The van der Waals surface area contributed by atoms with Gasteiger partial charge in [0.15, 0.2) is 0 Å². The Morgan fingerprint density at radius 2 is 1.87 bits per heavy atom. The molecule has 0 amide bonds. The van der Waals surface area contributed by atoms with Gasteiger partial charge in [0, 0.05) is 13.7 Å². The number of ether oxygens (including phenoxy) is 1. The molecule has 0 saturated heterocycles. The summed E-state index contributed by atoms with van der Waals surface area (Å²) < 4.78 is 5.10. The molecular weight excluding hydrogens is 208 g/mol. The van der Waals surface area contributed by atoms with E-state index in [0.29, 0.717) is 5.92 Å². The molecule has 1 rings (SSSR count). The molecule has 0 N–H and O–H groups in total. The Balaban J connectivity index is 2.33. The van der Waals surface area contributed by atoms with Gasteiger partial charge in [-0.05, 0) is 24.3 Å². The van der Waals surface area contributed by atoms with Crippen LogP contribution in [0.4, 0.5) is 0 Å². The summed E-state index contributed by atoms with van der Waals surface area (Å²) in [5, 5.41) is 0.130. The van der Waals surface area contributed by atoms with Crippen LogP contribution >= 0.6 is 11.6 Å². The van der Waals surface area contributed by atoms with E-state index in [1.165, 1.54) is 5.56 Å². The van der Waals surface area contributed by atoms with Crippen LogP contribution in [0.1, 0.15) is 30.7 Å². The second-order valence-corrected chi connectivity index (χ2v) is 4.54. The molecule has 1 nitrogen and oxygen atoms in total. The molecular formula is C13H19ClO. The molecule has 2 heteroatoms. The van der Waals surface area contributed by atoms with Crippen LogP contribution < -0.4 is 0 Å². The molecule has 1 aromatic carbocycles. The van der Waals surface area contributed by atoms with Gasteiger partial charge in [-0.1, -0.05) is 37.3 Å². The summed E-state index contributed by atoms with van der Waals surface area (Å²) in [5.74, 6) is 0.583. The van der Waals surface area contributed by atoms with E-state index in [4.69, 9.17) is 16.3 Å². The van der Waals surface area contributed by atoms with Crippen LogP contribution in [0.25, 0.3) is 0 Å². The second-order valence-electron chi connectivity index (χ2n) is 4.02. The first-order valence-electron chi connectivity index (χ1n) is 5.42. The maximum absolute atomic E-state index is 6.31. The van der Waals surface area contributed by atoms with Crippen LogP contribution in [-0.2, 0) is 4.74 Å². The van der Waals surface area contributed by atoms with Gasteiger partial charge in [0.05, 0.1) is 5.38 Å². The Labute approximate surface area is 97.4 Å². The summed E-state index contributed by atoms with van der Waals surface area (Å²) >= 11 is 6.31. The van der Waals surface area contributed by atoms with E-state index in [1.54, 1.807) is 7.11 Å². The quantitative estimate of drug-likeness (QED) is 0.666. The molecule has 0 radical (unpaired) electrons. The number of methoxy groups -OCH3 is 1. The third-order valence-corrected chi connectivity index (χ3v) is 3.00. The fraction of sp³-hybridized carbons (Fsp3) is 0.538. The number of alkyl halides is 1. The summed E-state index contributed by atoms with van der Waals surface area (Å²) in [6, 6.07) is 10.2. The summed E-state index contributed by atoms with van der Waals surface area (Å²) in [6.07, 6.45) is 2.12. The normalized spacial score (nSPS) is 14.9. The maximum Gasteiger partial charge on any atom is 0.0585 e. The van der Waals surface area contributed by atoms with Crippen molar-refractivity contribution >= 4 is 11.6 Å². The van der Waals surface area contributed by atoms with Gasteiger partial charge in [0.2, 0.25) is 0 Å². The smallest absolute Gasteiger partial charge is 0.0585 e. The van der Waals surface area contributed by atoms with Crippen LogP contribution in [0, 0.1) is 5.92 Å². The Morgan fingerprint density at radius 1 is 1.20 bits per heavy atom. The summed E-state index contributed by atoms with van der Waals surface area (Å²) in [6.45, 7) is 3.01. The van der Waals surface area contributed by atoms with Gasteiger partial charge in [0.25, 0.3) is 0 Å². The average molecular weight is 227 g/mol. The standard InChI is InChI=1S/C13H19ClO/c1-11(10-15-2)8-9-13(14)12-6-4-3-5-7-12/h3-7,11,13H,8-10H2,1-2H3. The zero-order chi connectivity index (χ0) is 11.1. The largest absolute Gasteiger partial charge is 0.384 e. The van der Waals surface area contributed by atoms with Crippen molar-refractivity contribution in [1.29, 1.82) is 0 Å². The Hall–Kier alpha value is -0.530. The Bertz CT molecular complexity index is 260. The van der Waals surface area contributed by atoms with Crippen molar-refractivity contribution in [2.24, 2.45) is 5.92 Å². The Kier molecular flexibility index (Phi) is 5.74. The topological polar surface area (TPSA) is 9.23 Å². The van der Waals surface area contributed by atoms with Gasteiger partial charge in [-0.2, -0.15) is 0 Å². The first kappa shape index (κ1) is 12.5. The van der Waals surface area contributed by atoms with Crippen molar-refractivity contribution in [2.75, 3.05) is 13.7 Å². The SMILES string of the molecule is COCC(C)CCC(Cl)c1ccccc1. The van der Waals surface area contributed by atoms with Crippen molar-refractivity contribution in [3.63, 3.8) is 0 Å². The van der Waals surface area contributed by atoms with Gasteiger partial charge in [-0.25, -0.2) is 0 Å². The van der Waals surface area contributed by atoms with Crippen molar-refractivity contribution in [1.82, 2.24) is 0 Å². The highest BCUT2D eigenvalue weighted by molar-refractivity contribution is 6.20. The maximum atomic E-state index is 6.31. The lowest BCUT2D eigenvalue weighted by Crippen LogP contribution is -2.04. The predicted molar refractivity (Wildman–Crippen MR) is 65.3 cm³/mol. The molecule has 0 aromatic heterocycles. The fourth-order valence-electron chi connectivity index (χ4n) is 1.63. The van der Waals surface area contributed by atoms with E-state index in [1.807, 2.05) is 18.2 Å². The molecule has 0 bridgehead atoms. The lowest BCUT2D eigenvalue weighted by atomic mass is 10.0. The first-order valence-corrected chi connectivity index (χ1v) is 5.85. The minimum absolute atomic E-state index is 0.130. The highest BCUT2D eigenvalue weighted by atomic mass is 35.5. The summed E-state index contributed by atoms with van der Waals surface area (Å²) in [7, 11) is 1.74. The molecule has 1 aromatic rings. The number of benzene rings is 1. The summed E-state index contributed by atoms with van der Waals surface area (Å²) in [4.78, 5) is 0. The van der Waals surface area contributed by atoms with Gasteiger partial charge in [-0.3, -0.25) is 0 Å². The van der Waals surface area contributed by atoms with Gasteiger partial charge in [-0.15, -0.1) is 11.6 Å². The number of hydrogen-bond donors (Lipinski definition) is 0. The van der Waals surface area contributed by atoms with E-state index in [-0.39, 0.29) is 5.38 Å². The van der Waals surface area contributed by atoms with Gasteiger partial charge in [0.1, 0.15) is 0 Å². The third-order valence-electron chi connectivity index (χ3n) is 2.53. The van der Waals surface area contributed by atoms with Crippen molar-refractivity contribution in [2.45, 2.75) is 25.1 Å². The van der Waals surface area contributed by atoms with Crippen molar-refractivity contribution < 1.29 is 4.74 Å². The van der Waals surface area contributed by atoms with E-state index in [9.17, 15) is 0 Å². The first-order chi connectivity index (χ1) is 7.24. The van der Waals surface area contributed by atoms with Crippen LogP contribution in [0.3, 0.4) is 0 Å². The number of hydrogen-bond acceptors (Lipinski definition) is 1. The average Bonchev–Trinajstić information content (AvgIpc) is 2.27. The highest BCUT2D eigenvalue weighted by Crippen LogP contribution is 2.26. The van der Waals surface area contributed by atoms with Crippen LogP contribution in [-0.4, -0.2) is 13.7 Å². The molecule has 0 aliphatic rings. The minimum Gasteiger partial charge on any atom is -0.384 e. The molecule has 0 aliphatic carbocycles. The molecule has 0 spiro atoms. The van der Waals surface area contributed by atoms with Crippen molar-refractivity contribution in [3.05, 3.63) is 35.9 Å². The summed E-state index contributed by atoms with van der Waals surface area (Å²) in [5.41, 5.74) is 1.21. The third kappa shape index (κ3) is 4.67. The van der Waals surface area contributed by atoms with Crippen molar-refractivity contribution in [3.8, 4) is 0 Å². The minimum atomic E-state index is 0.130. The molecule has 2 atom stereocenters. The molecule has 0 fully saturated rings. The van der Waals surface area contributed by atoms with E-state index in [2.05, 4.69) is 19.1 Å². The lowest BCUT2D eigenvalue weighted by molar-refractivity contribution is 0.154. The van der Waals surface area contributed by atoms with E-state index >= 15 is 0 Å². The zero-order valence-electron chi connectivity index (χ0n) is 9.45. The Morgan fingerprint density at radius 3 is 2.47 bits per heavy atom. The fourth-order valence-corrected chi connectivity index (χ4v) is 1.90. The number of halogens is 1. The molecule has 2 unspecified atom stereocenters. The van der Waals surface area contributed by atoms with Crippen LogP contribution in [0.5, 0.6) is 0 Å².